The molecule has 8 heteroatoms. The summed E-state index contributed by atoms with van der Waals surface area (Å²) in [6.07, 6.45) is 1.59. The third-order valence-corrected chi connectivity index (χ3v) is 4.19. The van der Waals surface area contributed by atoms with Crippen LogP contribution in [-0.4, -0.2) is 29.9 Å². The molecule has 0 saturated heterocycles. The Labute approximate surface area is 160 Å². The van der Waals surface area contributed by atoms with Gasteiger partial charge in [-0.05, 0) is 52.7 Å². The molecule has 0 spiro atoms. The number of ether oxygens (including phenoxy) is 1. The second-order valence-corrected chi connectivity index (χ2v) is 6.68. The molecule has 0 bridgehead atoms. The van der Waals surface area contributed by atoms with Crippen LogP contribution in [-0.2, 0) is 10.3 Å². The van der Waals surface area contributed by atoms with Crippen molar-refractivity contribution in [3.8, 4) is 0 Å². The first kappa shape index (κ1) is 19.4. The summed E-state index contributed by atoms with van der Waals surface area (Å²) in [7, 11) is 0. The van der Waals surface area contributed by atoms with Gasteiger partial charge < -0.3 is 15.8 Å². The second-order valence-electron chi connectivity index (χ2n) is 5.77. The van der Waals surface area contributed by atoms with E-state index < -0.39 is 5.54 Å². The van der Waals surface area contributed by atoms with E-state index in [1.165, 1.54) is 0 Å². The summed E-state index contributed by atoms with van der Waals surface area (Å²) in [6.45, 7) is 2.75. The van der Waals surface area contributed by atoms with Gasteiger partial charge in [0.1, 0.15) is 23.7 Å². The Hall–Kier alpha value is -1.96. The van der Waals surface area contributed by atoms with Gasteiger partial charge in [-0.1, -0.05) is 12.1 Å². The van der Waals surface area contributed by atoms with Gasteiger partial charge in [0.25, 0.3) is 5.91 Å². The van der Waals surface area contributed by atoms with Gasteiger partial charge in [0.15, 0.2) is 0 Å². The van der Waals surface area contributed by atoms with Gasteiger partial charge in [0, 0.05) is 16.4 Å². The number of hydrogen-bond donors (Lipinski definition) is 2. The van der Waals surface area contributed by atoms with Gasteiger partial charge >= 0.3 is 0 Å². The zero-order valence-electron chi connectivity index (χ0n) is 13.5. The lowest BCUT2D eigenvalue weighted by Crippen LogP contribution is -2.37. The van der Waals surface area contributed by atoms with E-state index in [1.807, 2.05) is 31.2 Å². The number of rotatable bonds is 3. The molecule has 1 aromatic heterocycles. The van der Waals surface area contributed by atoms with Crippen LogP contribution >= 0.6 is 28.3 Å². The first-order valence-electron chi connectivity index (χ1n) is 7.42. The third-order valence-electron chi connectivity index (χ3n) is 3.73. The first-order chi connectivity index (χ1) is 11.5. The number of aromatic nitrogens is 1. The third kappa shape index (κ3) is 4.56. The molecule has 1 aromatic carbocycles. The molecule has 1 atom stereocenters. The number of aliphatic imine (C=N–C) groups is 1. The van der Waals surface area contributed by atoms with Crippen LogP contribution in [0.1, 0.15) is 23.0 Å². The molecule has 3 N–H and O–H groups in total. The summed E-state index contributed by atoms with van der Waals surface area (Å²) in [4.78, 5) is 20.9. The van der Waals surface area contributed by atoms with Crippen molar-refractivity contribution in [2.24, 2.45) is 10.7 Å². The molecule has 0 unspecified atom stereocenters. The van der Waals surface area contributed by atoms with Crippen LogP contribution in [0.4, 0.5) is 5.69 Å². The topological polar surface area (TPSA) is 89.6 Å². The zero-order valence-corrected chi connectivity index (χ0v) is 15.9. The predicted molar refractivity (Wildman–Crippen MR) is 103 cm³/mol. The summed E-state index contributed by atoms with van der Waals surface area (Å²) in [6, 6.07) is 10.9. The normalized spacial score (nSPS) is 19.5. The molecular formula is C17H18BrClN4O2. The molecule has 2 heterocycles. The zero-order chi connectivity index (χ0) is 17.2. The molecule has 0 radical (unpaired) electrons. The van der Waals surface area contributed by atoms with Gasteiger partial charge in [0.2, 0.25) is 0 Å². The lowest BCUT2D eigenvalue weighted by atomic mass is 9.92. The fourth-order valence-electron chi connectivity index (χ4n) is 2.52. The summed E-state index contributed by atoms with van der Waals surface area (Å²) in [5.41, 5.74) is 7.18. The van der Waals surface area contributed by atoms with E-state index in [1.54, 1.807) is 18.3 Å². The highest BCUT2D eigenvalue weighted by Gasteiger charge is 2.30. The Morgan fingerprint density at radius 2 is 2.16 bits per heavy atom. The maximum atomic E-state index is 12.3. The number of nitrogens with two attached hydrogens (primary N) is 1. The average Bonchev–Trinajstić information content (AvgIpc) is 2.55. The van der Waals surface area contributed by atoms with Crippen molar-refractivity contribution >= 4 is 45.8 Å². The Bertz CT molecular complexity index is 797. The van der Waals surface area contributed by atoms with E-state index in [0.717, 1.165) is 10.0 Å². The van der Waals surface area contributed by atoms with Crippen LogP contribution in [0.15, 0.2) is 52.1 Å². The minimum atomic E-state index is -0.557. The summed E-state index contributed by atoms with van der Waals surface area (Å²) in [5.74, 6) is 0.199. The molecule has 6 nitrogen and oxygen atoms in total. The van der Waals surface area contributed by atoms with Gasteiger partial charge in [-0.2, -0.15) is 0 Å². The van der Waals surface area contributed by atoms with E-state index in [-0.39, 0.29) is 18.3 Å². The number of amidine groups is 1. The highest BCUT2D eigenvalue weighted by molar-refractivity contribution is 9.10. The highest BCUT2D eigenvalue weighted by Crippen LogP contribution is 2.30. The number of amides is 1. The summed E-state index contributed by atoms with van der Waals surface area (Å²) in [5, 5.41) is 2.85. The predicted octanol–water partition coefficient (Wildman–Crippen LogP) is 3.12. The van der Waals surface area contributed by atoms with Gasteiger partial charge in [-0.25, -0.2) is 4.98 Å². The number of hydrogen-bond acceptors (Lipinski definition) is 5. The van der Waals surface area contributed by atoms with Crippen LogP contribution < -0.4 is 11.1 Å². The molecule has 25 heavy (non-hydrogen) atoms. The number of anilines is 1. The van der Waals surface area contributed by atoms with Crippen molar-refractivity contribution in [1.82, 2.24) is 4.98 Å². The van der Waals surface area contributed by atoms with Crippen molar-refractivity contribution in [1.29, 1.82) is 0 Å². The molecule has 1 aliphatic heterocycles. The number of halogens is 2. The quantitative estimate of drug-likeness (QED) is 0.790. The van der Waals surface area contributed by atoms with Crippen LogP contribution in [0.25, 0.3) is 0 Å². The lowest BCUT2D eigenvalue weighted by Gasteiger charge is -2.30. The number of pyridine rings is 1. The Morgan fingerprint density at radius 3 is 2.84 bits per heavy atom. The van der Waals surface area contributed by atoms with E-state index >= 15 is 0 Å². The van der Waals surface area contributed by atoms with E-state index in [9.17, 15) is 4.79 Å². The molecular weight excluding hydrogens is 408 g/mol. The van der Waals surface area contributed by atoms with Crippen molar-refractivity contribution in [3.63, 3.8) is 0 Å². The first-order valence-corrected chi connectivity index (χ1v) is 8.21. The number of carbonyl (C=O) groups is 1. The Balaban J connectivity index is 0.00000225. The van der Waals surface area contributed by atoms with Gasteiger partial charge in [0.05, 0.1) is 6.61 Å². The molecule has 0 saturated carbocycles. The van der Waals surface area contributed by atoms with E-state index in [0.29, 0.717) is 30.4 Å². The SMILES string of the molecule is C[C@@]1(c2cccc(NC(=O)c3ccc(Br)cn3)c2)COCC(N)=N1.Cl. The molecule has 1 aliphatic rings. The number of benzene rings is 1. The fraction of sp³-hybridized carbons (Fsp3) is 0.235. The maximum absolute atomic E-state index is 12.3. The monoisotopic (exact) mass is 424 g/mol. The molecule has 132 valence electrons. The van der Waals surface area contributed by atoms with Crippen LogP contribution in [0.3, 0.4) is 0 Å². The number of nitrogens with zero attached hydrogens (tertiary/aromatic N) is 2. The van der Waals surface area contributed by atoms with Crippen molar-refractivity contribution in [2.75, 3.05) is 18.5 Å². The van der Waals surface area contributed by atoms with E-state index in [4.69, 9.17) is 10.5 Å². The minimum absolute atomic E-state index is 0. The second kappa shape index (κ2) is 7.95. The van der Waals surface area contributed by atoms with Gasteiger partial charge in [-0.3, -0.25) is 9.79 Å². The summed E-state index contributed by atoms with van der Waals surface area (Å²) >= 11 is 3.30. The van der Waals surface area contributed by atoms with E-state index in [2.05, 4.69) is 31.2 Å². The van der Waals surface area contributed by atoms with Crippen LogP contribution in [0, 0.1) is 0 Å². The van der Waals surface area contributed by atoms with Crippen LogP contribution in [0.2, 0.25) is 0 Å². The Morgan fingerprint density at radius 1 is 1.36 bits per heavy atom. The molecule has 2 aromatic rings. The average molecular weight is 426 g/mol. The van der Waals surface area contributed by atoms with Gasteiger partial charge in [-0.15, -0.1) is 12.4 Å². The standard InChI is InChI=1S/C17H17BrN4O2.ClH/c1-17(10-24-9-15(19)22-17)11-3-2-4-13(7-11)21-16(23)14-6-5-12(18)8-20-14;/h2-8H,9-10H2,1H3,(H2,19,22)(H,21,23);1H/t17-;/m0./s1. The van der Waals surface area contributed by atoms with Crippen molar-refractivity contribution < 1.29 is 9.53 Å². The molecule has 1 amide bonds. The Kier molecular flexibility index (Phi) is 6.16. The largest absolute Gasteiger partial charge is 0.386 e. The lowest BCUT2D eigenvalue weighted by molar-refractivity contribution is 0.102. The highest BCUT2D eigenvalue weighted by atomic mass is 79.9. The van der Waals surface area contributed by atoms with Crippen LogP contribution in [0.5, 0.6) is 0 Å². The number of carbonyl (C=O) groups excluding carboxylic acids is 1. The minimum Gasteiger partial charge on any atom is -0.386 e. The van der Waals surface area contributed by atoms with Crippen molar-refractivity contribution in [3.05, 3.63) is 58.3 Å². The maximum Gasteiger partial charge on any atom is 0.274 e. The number of nitrogens with one attached hydrogen (secondary N) is 1. The molecule has 3 rings (SSSR count). The fourth-order valence-corrected chi connectivity index (χ4v) is 2.76. The molecule has 0 aliphatic carbocycles. The van der Waals surface area contributed by atoms with Crippen molar-refractivity contribution in [2.45, 2.75) is 12.5 Å². The molecule has 0 fully saturated rings. The summed E-state index contributed by atoms with van der Waals surface area (Å²) < 4.78 is 6.32. The smallest absolute Gasteiger partial charge is 0.274 e.